The molecule has 0 aliphatic heterocycles. The van der Waals surface area contributed by atoms with E-state index in [9.17, 15) is 9.18 Å². The van der Waals surface area contributed by atoms with Gasteiger partial charge in [-0.2, -0.15) is 0 Å². The highest BCUT2D eigenvalue weighted by Gasteiger charge is 2.11. The van der Waals surface area contributed by atoms with Crippen LogP contribution in [-0.4, -0.2) is 23.9 Å². The highest BCUT2D eigenvalue weighted by molar-refractivity contribution is 7.09. The third kappa shape index (κ3) is 5.13. The van der Waals surface area contributed by atoms with E-state index in [4.69, 9.17) is 0 Å². The molecule has 0 aliphatic rings. The minimum Gasteiger partial charge on any atom is -0.325 e. The molecule has 3 nitrogen and oxygen atoms in total. The van der Waals surface area contributed by atoms with E-state index in [1.807, 2.05) is 22.4 Å². The molecule has 21 heavy (non-hydrogen) atoms. The number of amides is 1. The average Bonchev–Trinajstić information content (AvgIpc) is 2.91. The summed E-state index contributed by atoms with van der Waals surface area (Å²) in [6.45, 7) is 5.26. The van der Waals surface area contributed by atoms with E-state index in [1.165, 1.54) is 17.0 Å². The van der Waals surface area contributed by atoms with Gasteiger partial charge < -0.3 is 5.32 Å². The van der Waals surface area contributed by atoms with Crippen molar-refractivity contribution in [2.45, 2.75) is 6.54 Å². The first kappa shape index (κ1) is 15.4. The molecule has 1 amide bonds. The Morgan fingerprint density at radius 3 is 2.90 bits per heavy atom. The summed E-state index contributed by atoms with van der Waals surface area (Å²) in [7, 11) is 0. The van der Waals surface area contributed by atoms with Crippen molar-refractivity contribution in [3.8, 4) is 0 Å². The molecule has 110 valence electrons. The number of nitrogens with one attached hydrogen (secondary N) is 1. The Kier molecular flexibility index (Phi) is 5.66. The minimum absolute atomic E-state index is 0.168. The molecule has 0 saturated carbocycles. The maximum absolute atomic E-state index is 13.1. The lowest BCUT2D eigenvalue weighted by molar-refractivity contribution is -0.117. The van der Waals surface area contributed by atoms with Gasteiger partial charge in [0, 0.05) is 23.7 Å². The number of hydrogen-bond donors (Lipinski definition) is 1. The zero-order valence-corrected chi connectivity index (χ0v) is 12.4. The molecule has 0 saturated heterocycles. The summed E-state index contributed by atoms with van der Waals surface area (Å²) in [5, 5.41) is 4.71. The average molecular weight is 304 g/mol. The summed E-state index contributed by atoms with van der Waals surface area (Å²) in [6, 6.07) is 9.89. The first-order chi connectivity index (χ1) is 10.2. The Balaban J connectivity index is 1.93. The van der Waals surface area contributed by atoms with E-state index < -0.39 is 0 Å². The second-order valence-corrected chi connectivity index (χ2v) is 5.63. The van der Waals surface area contributed by atoms with Gasteiger partial charge in [-0.25, -0.2) is 4.39 Å². The van der Waals surface area contributed by atoms with Crippen LogP contribution in [0.3, 0.4) is 0 Å². The molecule has 2 aromatic rings. The van der Waals surface area contributed by atoms with Crippen molar-refractivity contribution in [2.24, 2.45) is 0 Å². The molecule has 0 atom stereocenters. The number of nitrogens with zero attached hydrogens (tertiary/aromatic N) is 1. The molecule has 1 aromatic carbocycles. The maximum Gasteiger partial charge on any atom is 0.238 e. The summed E-state index contributed by atoms with van der Waals surface area (Å²) >= 11 is 1.65. The molecule has 0 bridgehead atoms. The smallest absolute Gasteiger partial charge is 0.238 e. The Bertz CT molecular complexity index is 598. The second kappa shape index (κ2) is 7.71. The predicted octanol–water partition coefficient (Wildman–Crippen LogP) is 3.51. The summed E-state index contributed by atoms with van der Waals surface area (Å²) in [5.41, 5.74) is 0.467. The molecule has 2 rings (SSSR count). The van der Waals surface area contributed by atoms with Gasteiger partial charge in [0.05, 0.1) is 6.54 Å². The van der Waals surface area contributed by atoms with Crippen LogP contribution in [-0.2, 0) is 11.3 Å². The van der Waals surface area contributed by atoms with Crippen LogP contribution in [0, 0.1) is 5.82 Å². The van der Waals surface area contributed by atoms with E-state index in [0.29, 0.717) is 18.8 Å². The number of halogens is 1. The van der Waals surface area contributed by atoms with E-state index in [-0.39, 0.29) is 18.3 Å². The lowest BCUT2D eigenvalue weighted by Gasteiger charge is -2.19. The van der Waals surface area contributed by atoms with Crippen LogP contribution in [0.15, 0.2) is 54.4 Å². The van der Waals surface area contributed by atoms with Crippen molar-refractivity contribution in [1.29, 1.82) is 0 Å². The highest BCUT2D eigenvalue weighted by atomic mass is 32.1. The fourth-order valence-electron chi connectivity index (χ4n) is 1.96. The van der Waals surface area contributed by atoms with Crippen molar-refractivity contribution < 1.29 is 9.18 Å². The molecule has 1 N–H and O–H groups in total. The third-order valence-electron chi connectivity index (χ3n) is 2.82. The van der Waals surface area contributed by atoms with Crippen molar-refractivity contribution >= 4 is 22.9 Å². The summed E-state index contributed by atoms with van der Waals surface area (Å²) in [5.74, 6) is -0.534. The Morgan fingerprint density at radius 1 is 1.38 bits per heavy atom. The zero-order chi connectivity index (χ0) is 15.1. The molecule has 1 aromatic heterocycles. The molecule has 0 radical (unpaired) electrons. The van der Waals surface area contributed by atoms with Gasteiger partial charge in [0.25, 0.3) is 0 Å². The fraction of sp³-hybridized carbons (Fsp3) is 0.188. The predicted molar refractivity (Wildman–Crippen MR) is 84.8 cm³/mol. The van der Waals surface area contributed by atoms with Crippen molar-refractivity contribution in [3.05, 3.63) is 65.1 Å². The van der Waals surface area contributed by atoms with E-state index >= 15 is 0 Å². The minimum atomic E-state index is -0.366. The van der Waals surface area contributed by atoms with E-state index in [1.54, 1.807) is 29.5 Å². The number of rotatable bonds is 7. The third-order valence-corrected chi connectivity index (χ3v) is 3.68. The van der Waals surface area contributed by atoms with Crippen LogP contribution in [0.5, 0.6) is 0 Å². The Hall–Kier alpha value is -1.98. The Labute approximate surface area is 127 Å². The summed E-state index contributed by atoms with van der Waals surface area (Å²) < 4.78 is 13.1. The maximum atomic E-state index is 13.1. The van der Waals surface area contributed by atoms with E-state index in [2.05, 4.69) is 11.9 Å². The number of carbonyl (C=O) groups excluding carboxylic acids is 1. The van der Waals surface area contributed by atoms with Gasteiger partial charge in [0.1, 0.15) is 5.82 Å². The standard InChI is InChI=1S/C16H17FN2OS/c1-2-8-19(11-15-7-4-9-21-15)12-16(20)18-14-6-3-5-13(17)10-14/h2-7,9-10H,1,8,11-12H2,(H,18,20). The van der Waals surface area contributed by atoms with Crippen LogP contribution in [0.1, 0.15) is 4.88 Å². The number of anilines is 1. The van der Waals surface area contributed by atoms with Crippen LogP contribution >= 0.6 is 11.3 Å². The van der Waals surface area contributed by atoms with Gasteiger partial charge in [0.15, 0.2) is 0 Å². The molecule has 5 heteroatoms. The van der Waals surface area contributed by atoms with Gasteiger partial charge in [-0.3, -0.25) is 9.69 Å². The summed E-state index contributed by atoms with van der Waals surface area (Å²) in [4.78, 5) is 15.2. The van der Waals surface area contributed by atoms with Crippen molar-refractivity contribution in [1.82, 2.24) is 4.90 Å². The quantitative estimate of drug-likeness (QED) is 0.794. The fourth-order valence-corrected chi connectivity index (χ4v) is 2.71. The van der Waals surface area contributed by atoms with Crippen LogP contribution < -0.4 is 5.32 Å². The van der Waals surface area contributed by atoms with Gasteiger partial charge >= 0.3 is 0 Å². The molecular formula is C16H17FN2OS. The topological polar surface area (TPSA) is 32.3 Å². The van der Waals surface area contributed by atoms with Crippen molar-refractivity contribution in [3.63, 3.8) is 0 Å². The number of hydrogen-bond acceptors (Lipinski definition) is 3. The number of thiophene rings is 1. The van der Waals surface area contributed by atoms with Gasteiger partial charge in [0.2, 0.25) is 5.91 Å². The van der Waals surface area contributed by atoms with Gasteiger partial charge in [-0.1, -0.05) is 18.2 Å². The van der Waals surface area contributed by atoms with Gasteiger partial charge in [-0.05, 0) is 29.6 Å². The Morgan fingerprint density at radius 2 is 2.24 bits per heavy atom. The molecular weight excluding hydrogens is 287 g/mol. The lowest BCUT2D eigenvalue weighted by atomic mass is 10.3. The molecule has 0 spiro atoms. The molecule has 0 fully saturated rings. The number of benzene rings is 1. The zero-order valence-electron chi connectivity index (χ0n) is 11.6. The second-order valence-electron chi connectivity index (χ2n) is 4.60. The monoisotopic (exact) mass is 304 g/mol. The lowest BCUT2D eigenvalue weighted by Crippen LogP contribution is -2.32. The molecule has 1 heterocycles. The van der Waals surface area contributed by atoms with Crippen molar-refractivity contribution in [2.75, 3.05) is 18.4 Å². The van der Waals surface area contributed by atoms with Crippen LogP contribution in [0.2, 0.25) is 0 Å². The highest BCUT2D eigenvalue weighted by Crippen LogP contribution is 2.13. The van der Waals surface area contributed by atoms with Crippen LogP contribution in [0.4, 0.5) is 10.1 Å². The first-order valence-corrected chi connectivity index (χ1v) is 7.46. The molecule has 0 aliphatic carbocycles. The number of carbonyl (C=O) groups is 1. The largest absolute Gasteiger partial charge is 0.325 e. The molecule has 0 unspecified atom stereocenters. The van der Waals surface area contributed by atoms with E-state index in [0.717, 1.165) is 0 Å². The first-order valence-electron chi connectivity index (χ1n) is 6.58. The summed E-state index contributed by atoms with van der Waals surface area (Å²) in [6.07, 6.45) is 1.77. The van der Waals surface area contributed by atoms with Gasteiger partial charge in [-0.15, -0.1) is 17.9 Å². The SMILES string of the molecule is C=CCN(CC(=O)Nc1cccc(F)c1)Cc1cccs1. The normalized spacial score (nSPS) is 10.6. The van der Waals surface area contributed by atoms with Crippen LogP contribution in [0.25, 0.3) is 0 Å².